The van der Waals surface area contributed by atoms with Gasteiger partial charge in [0.05, 0.1) is 0 Å². The fourth-order valence-corrected chi connectivity index (χ4v) is 3.59. The number of hydrogen-bond donors (Lipinski definition) is 0. The van der Waals surface area contributed by atoms with Crippen LogP contribution in [0, 0.1) is 0 Å². The van der Waals surface area contributed by atoms with E-state index in [1.165, 1.54) is 31.4 Å². The van der Waals surface area contributed by atoms with Crippen molar-refractivity contribution in [3.63, 3.8) is 0 Å². The van der Waals surface area contributed by atoms with Crippen LogP contribution in [0.2, 0.25) is 0 Å². The maximum Gasteiger partial charge on any atom is 0.0485 e. The van der Waals surface area contributed by atoms with Gasteiger partial charge in [0.1, 0.15) is 0 Å². The Hall–Kier alpha value is -0.210. The minimum absolute atomic E-state index is 0.566. The SMILES string of the molecule is CCN(c1ccc(CCl)c(Br)c1)C1CCCC1. The molecule has 1 aromatic rings. The first-order valence-electron chi connectivity index (χ1n) is 6.37. The monoisotopic (exact) mass is 315 g/mol. The summed E-state index contributed by atoms with van der Waals surface area (Å²) in [6, 6.07) is 7.27. The van der Waals surface area contributed by atoms with Gasteiger partial charge in [-0.3, -0.25) is 0 Å². The highest BCUT2D eigenvalue weighted by Crippen LogP contribution is 2.31. The van der Waals surface area contributed by atoms with Gasteiger partial charge in [0.25, 0.3) is 0 Å². The maximum absolute atomic E-state index is 5.88. The Morgan fingerprint density at radius 1 is 1.35 bits per heavy atom. The first-order chi connectivity index (χ1) is 8.26. The highest BCUT2D eigenvalue weighted by molar-refractivity contribution is 9.10. The lowest BCUT2D eigenvalue weighted by molar-refractivity contribution is 0.620. The van der Waals surface area contributed by atoms with E-state index in [1.54, 1.807) is 0 Å². The van der Waals surface area contributed by atoms with Crippen molar-refractivity contribution < 1.29 is 0 Å². The number of nitrogens with zero attached hydrogens (tertiary/aromatic N) is 1. The van der Waals surface area contributed by atoms with Crippen molar-refractivity contribution in [3.05, 3.63) is 28.2 Å². The first-order valence-corrected chi connectivity index (χ1v) is 7.70. The molecule has 0 aromatic heterocycles. The molecule has 0 spiro atoms. The molecule has 0 aliphatic heterocycles. The maximum atomic E-state index is 5.88. The van der Waals surface area contributed by atoms with Crippen LogP contribution in [0.1, 0.15) is 38.2 Å². The summed E-state index contributed by atoms with van der Waals surface area (Å²) in [6.07, 6.45) is 5.43. The Kier molecular flexibility index (Phi) is 4.75. The minimum atomic E-state index is 0.566. The van der Waals surface area contributed by atoms with Crippen LogP contribution in [0.15, 0.2) is 22.7 Å². The van der Waals surface area contributed by atoms with E-state index < -0.39 is 0 Å². The van der Waals surface area contributed by atoms with Crippen LogP contribution in [-0.4, -0.2) is 12.6 Å². The van der Waals surface area contributed by atoms with E-state index in [2.05, 4.69) is 46.0 Å². The molecular formula is C14H19BrClN. The minimum Gasteiger partial charge on any atom is -0.369 e. The molecule has 0 amide bonds. The first kappa shape index (κ1) is 13.2. The summed E-state index contributed by atoms with van der Waals surface area (Å²) >= 11 is 9.48. The van der Waals surface area contributed by atoms with Crippen molar-refractivity contribution in [1.82, 2.24) is 0 Å². The van der Waals surface area contributed by atoms with Gasteiger partial charge in [-0.15, -0.1) is 11.6 Å². The highest BCUT2D eigenvalue weighted by Gasteiger charge is 2.21. The van der Waals surface area contributed by atoms with Gasteiger partial charge in [-0.25, -0.2) is 0 Å². The number of halogens is 2. The number of benzene rings is 1. The number of anilines is 1. The lowest BCUT2D eigenvalue weighted by Gasteiger charge is -2.30. The van der Waals surface area contributed by atoms with Gasteiger partial charge in [0.2, 0.25) is 0 Å². The Balaban J connectivity index is 2.21. The zero-order chi connectivity index (χ0) is 12.3. The summed E-state index contributed by atoms with van der Waals surface area (Å²) in [5.74, 6) is 0.566. The standard InChI is InChI=1S/C14H19BrClN/c1-2-17(12-5-3-4-6-12)13-8-7-11(10-16)14(15)9-13/h7-9,12H,2-6,10H2,1H3. The summed E-state index contributed by atoms with van der Waals surface area (Å²) in [7, 11) is 0. The van der Waals surface area contributed by atoms with Gasteiger partial charge >= 0.3 is 0 Å². The second kappa shape index (κ2) is 6.10. The highest BCUT2D eigenvalue weighted by atomic mass is 79.9. The quantitative estimate of drug-likeness (QED) is 0.710. The Morgan fingerprint density at radius 3 is 2.59 bits per heavy atom. The molecule has 0 heterocycles. The van der Waals surface area contributed by atoms with Gasteiger partial charge in [-0.1, -0.05) is 34.8 Å². The smallest absolute Gasteiger partial charge is 0.0485 e. The summed E-state index contributed by atoms with van der Waals surface area (Å²) < 4.78 is 1.13. The van der Waals surface area contributed by atoms with Crippen LogP contribution in [0.25, 0.3) is 0 Å². The van der Waals surface area contributed by atoms with E-state index in [9.17, 15) is 0 Å². The Labute approximate surface area is 117 Å². The van der Waals surface area contributed by atoms with E-state index in [-0.39, 0.29) is 0 Å². The van der Waals surface area contributed by atoms with Crippen LogP contribution < -0.4 is 4.90 Å². The van der Waals surface area contributed by atoms with Crippen LogP contribution in [0.5, 0.6) is 0 Å². The predicted molar refractivity (Wildman–Crippen MR) is 79.0 cm³/mol. The molecule has 17 heavy (non-hydrogen) atoms. The Bertz CT molecular complexity index is 374. The van der Waals surface area contributed by atoms with Crippen molar-refractivity contribution in [2.75, 3.05) is 11.4 Å². The van der Waals surface area contributed by atoms with Crippen molar-refractivity contribution in [1.29, 1.82) is 0 Å². The van der Waals surface area contributed by atoms with Crippen molar-refractivity contribution in [2.45, 2.75) is 44.5 Å². The molecule has 1 aliphatic rings. The van der Waals surface area contributed by atoms with Gasteiger partial charge in [-0.05, 0) is 37.5 Å². The largest absolute Gasteiger partial charge is 0.369 e. The lowest BCUT2D eigenvalue weighted by atomic mass is 10.1. The zero-order valence-electron chi connectivity index (χ0n) is 10.3. The van der Waals surface area contributed by atoms with Gasteiger partial charge in [-0.2, -0.15) is 0 Å². The number of rotatable bonds is 4. The van der Waals surface area contributed by atoms with Crippen LogP contribution in [0.3, 0.4) is 0 Å². The number of hydrogen-bond acceptors (Lipinski definition) is 1. The third-order valence-electron chi connectivity index (χ3n) is 3.62. The topological polar surface area (TPSA) is 3.24 Å². The van der Waals surface area contributed by atoms with E-state index >= 15 is 0 Å². The molecule has 0 unspecified atom stereocenters. The normalized spacial score (nSPS) is 16.4. The van der Waals surface area contributed by atoms with Gasteiger partial charge in [0.15, 0.2) is 0 Å². The van der Waals surface area contributed by atoms with E-state index in [0.717, 1.165) is 22.6 Å². The van der Waals surface area contributed by atoms with Crippen molar-refractivity contribution >= 4 is 33.2 Å². The molecule has 0 saturated heterocycles. The lowest BCUT2D eigenvalue weighted by Crippen LogP contribution is -2.32. The average Bonchev–Trinajstić information content (AvgIpc) is 2.84. The van der Waals surface area contributed by atoms with Gasteiger partial charge < -0.3 is 4.90 Å². The third kappa shape index (κ3) is 2.97. The molecule has 1 fully saturated rings. The number of alkyl halides is 1. The third-order valence-corrected chi connectivity index (χ3v) is 4.64. The second-order valence-electron chi connectivity index (χ2n) is 4.63. The molecule has 1 aliphatic carbocycles. The summed E-state index contributed by atoms with van der Waals surface area (Å²) in [6.45, 7) is 3.32. The van der Waals surface area contributed by atoms with E-state index in [0.29, 0.717) is 5.88 Å². The summed E-state index contributed by atoms with van der Waals surface area (Å²) in [5, 5.41) is 0. The van der Waals surface area contributed by atoms with Crippen molar-refractivity contribution in [2.24, 2.45) is 0 Å². The Morgan fingerprint density at radius 2 is 2.06 bits per heavy atom. The predicted octanol–water partition coefficient (Wildman–Crippen LogP) is 4.96. The molecule has 1 aromatic carbocycles. The zero-order valence-corrected chi connectivity index (χ0v) is 12.6. The second-order valence-corrected chi connectivity index (χ2v) is 5.76. The molecule has 0 bridgehead atoms. The summed E-state index contributed by atoms with van der Waals surface area (Å²) in [4.78, 5) is 2.52. The van der Waals surface area contributed by atoms with Crippen LogP contribution in [-0.2, 0) is 5.88 Å². The molecule has 1 nitrogen and oxygen atoms in total. The fourth-order valence-electron chi connectivity index (χ4n) is 2.69. The fraction of sp³-hybridized carbons (Fsp3) is 0.571. The molecular weight excluding hydrogens is 298 g/mol. The molecule has 1 saturated carbocycles. The van der Waals surface area contributed by atoms with E-state index in [1.807, 2.05) is 0 Å². The molecule has 3 heteroatoms. The van der Waals surface area contributed by atoms with Crippen molar-refractivity contribution in [3.8, 4) is 0 Å². The molecule has 94 valence electrons. The van der Waals surface area contributed by atoms with Gasteiger partial charge in [0, 0.05) is 28.6 Å². The molecule has 2 rings (SSSR count). The average molecular weight is 317 g/mol. The van der Waals surface area contributed by atoms with E-state index in [4.69, 9.17) is 11.6 Å². The van der Waals surface area contributed by atoms with Crippen LogP contribution in [0.4, 0.5) is 5.69 Å². The summed E-state index contributed by atoms with van der Waals surface area (Å²) in [5.41, 5.74) is 2.48. The molecule has 0 radical (unpaired) electrons. The molecule has 0 atom stereocenters. The van der Waals surface area contributed by atoms with Crippen LogP contribution >= 0.6 is 27.5 Å². The molecule has 0 N–H and O–H groups in total.